The van der Waals surface area contributed by atoms with Crippen molar-refractivity contribution in [3.05, 3.63) is 16.4 Å². The van der Waals surface area contributed by atoms with Crippen LogP contribution in [0.15, 0.2) is 0 Å². The smallest absolute Gasteiger partial charge is 0.0989 e. The van der Waals surface area contributed by atoms with Gasteiger partial charge in [-0.15, -0.1) is 0 Å². The molecule has 0 N–H and O–H groups in total. The highest BCUT2D eigenvalue weighted by atomic mass is 35.5. The minimum absolute atomic E-state index is 0.399. The van der Waals surface area contributed by atoms with E-state index in [0.29, 0.717) is 6.04 Å². The van der Waals surface area contributed by atoms with Crippen molar-refractivity contribution in [1.29, 1.82) is 0 Å². The van der Waals surface area contributed by atoms with Crippen molar-refractivity contribution in [3.8, 4) is 0 Å². The first-order valence-electron chi connectivity index (χ1n) is 3.99. The Kier molecular flexibility index (Phi) is 1.85. The molecule has 2 heterocycles. The summed E-state index contributed by atoms with van der Waals surface area (Å²) < 4.78 is 7.05. The molecule has 1 aromatic heterocycles. The van der Waals surface area contributed by atoms with Crippen molar-refractivity contribution >= 4 is 11.6 Å². The first-order valence-corrected chi connectivity index (χ1v) is 4.37. The lowest BCUT2D eigenvalue weighted by Crippen LogP contribution is -2.32. The fourth-order valence-corrected chi connectivity index (χ4v) is 1.49. The molecule has 1 saturated heterocycles. The van der Waals surface area contributed by atoms with Crippen molar-refractivity contribution in [3.63, 3.8) is 0 Å². The van der Waals surface area contributed by atoms with E-state index in [9.17, 15) is 0 Å². The van der Waals surface area contributed by atoms with E-state index in [4.69, 9.17) is 16.3 Å². The molecule has 12 heavy (non-hydrogen) atoms. The first kappa shape index (κ1) is 8.08. The van der Waals surface area contributed by atoms with E-state index < -0.39 is 0 Å². The predicted molar refractivity (Wildman–Crippen MR) is 46.6 cm³/mol. The van der Waals surface area contributed by atoms with E-state index in [1.54, 1.807) is 0 Å². The number of nitrogens with zero attached hydrogens (tertiary/aromatic N) is 2. The van der Waals surface area contributed by atoms with Crippen LogP contribution in [0.1, 0.15) is 17.4 Å². The van der Waals surface area contributed by atoms with Gasteiger partial charge in [0.05, 0.1) is 35.7 Å². The molecule has 0 amide bonds. The standard InChI is InChI=1S/C8H11ClN2O/c1-5-8(9)6(2)11(10-5)7-3-12-4-7/h7H,3-4H2,1-2H3. The van der Waals surface area contributed by atoms with Gasteiger partial charge >= 0.3 is 0 Å². The van der Waals surface area contributed by atoms with Gasteiger partial charge in [-0.05, 0) is 13.8 Å². The van der Waals surface area contributed by atoms with E-state index >= 15 is 0 Å². The number of hydrogen-bond acceptors (Lipinski definition) is 2. The summed E-state index contributed by atoms with van der Waals surface area (Å²) in [6.07, 6.45) is 0. The second-order valence-electron chi connectivity index (χ2n) is 3.12. The number of halogens is 1. The molecule has 0 aliphatic carbocycles. The number of aromatic nitrogens is 2. The Morgan fingerprint density at radius 1 is 1.50 bits per heavy atom. The lowest BCUT2D eigenvalue weighted by Gasteiger charge is -2.27. The molecule has 1 aliphatic rings. The second kappa shape index (κ2) is 2.75. The maximum atomic E-state index is 6.00. The van der Waals surface area contributed by atoms with Crippen LogP contribution in [0.5, 0.6) is 0 Å². The summed E-state index contributed by atoms with van der Waals surface area (Å²) in [7, 11) is 0. The van der Waals surface area contributed by atoms with Crippen molar-refractivity contribution in [2.45, 2.75) is 19.9 Å². The largest absolute Gasteiger partial charge is 0.377 e. The quantitative estimate of drug-likeness (QED) is 0.668. The molecular weight excluding hydrogens is 176 g/mol. The van der Waals surface area contributed by atoms with Crippen LogP contribution < -0.4 is 0 Å². The average Bonchev–Trinajstić information content (AvgIpc) is 2.15. The third-order valence-corrected chi connectivity index (χ3v) is 2.75. The Hall–Kier alpha value is -0.540. The van der Waals surface area contributed by atoms with Gasteiger partial charge in [-0.1, -0.05) is 11.6 Å². The molecular formula is C8H11ClN2O. The monoisotopic (exact) mass is 186 g/mol. The van der Waals surface area contributed by atoms with E-state index in [-0.39, 0.29) is 0 Å². The van der Waals surface area contributed by atoms with Gasteiger partial charge in [-0.3, -0.25) is 4.68 Å². The highest BCUT2D eigenvalue weighted by Crippen LogP contribution is 2.25. The lowest BCUT2D eigenvalue weighted by atomic mass is 10.2. The zero-order valence-corrected chi connectivity index (χ0v) is 7.93. The van der Waals surface area contributed by atoms with Crippen LogP contribution in [-0.4, -0.2) is 23.0 Å². The van der Waals surface area contributed by atoms with Crippen LogP contribution >= 0.6 is 11.6 Å². The molecule has 0 unspecified atom stereocenters. The van der Waals surface area contributed by atoms with Crippen molar-refractivity contribution in [2.24, 2.45) is 0 Å². The SMILES string of the molecule is Cc1nn(C2COC2)c(C)c1Cl. The van der Waals surface area contributed by atoms with Gasteiger partial charge in [0.15, 0.2) is 0 Å². The number of hydrogen-bond donors (Lipinski definition) is 0. The van der Waals surface area contributed by atoms with Gasteiger partial charge in [0, 0.05) is 0 Å². The molecule has 0 radical (unpaired) electrons. The molecule has 0 spiro atoms. The number of rotatable bonds is 1. The zero-order valence-electron chi connectivity index (χ0n) is 7.17. The Bertz CT molecular complexity index is 304. The predicted octanol–water partition coefficient (Wildman–Crippen LogP) is 1.72. The van der Waals surface area contributed by atoms with Crippen LogP contribution in [0, 0.1) is 13.8 Å². The van der Waals surface area contributed by atoms with Crippen LogP contribution in [0.3, 0.4) is 0 Å². The summed E-state index contributed by atoms with van der Waals surface area (Å²) in [6.45, 7) is 5.43. The molecule has 0 bridgehead atoms. The highest BCUT2D eigenvalue weighted by molar-refractivity contribution is 6.31. The fourth-order valence-electron chi connectivity index (χ4n) is 1.36. The molecule has 2 rings (SSSR count). The van der Waals surface area contributed by atoms with Crippen LogP contribution in [0.2, 0.25) is 5.02 Å². The Balaban J connectivity index is 2.36. The maximum absolute atomic E-state index is 6.00. The van der Waals surface area contributed by atoms with E-state index in [1.807, 2.05) is 18.5 Å². The molecule has 66 valence electrons. The topological polar surface area (TPSA) is 27.1 Å². The minimum Gasteiger partial charge on any atom is -0.377 e. The molecule has 1 aromatic rings. The van der Waals surface area contributed by atoms with Gasteiger partial charge in [0.25, 0.3) is 0 Å². The minimum atomic E-state index is 0.399. The highest BCUT2D eigenvalue weighted by Gasteiger charge is 2.24. The Morgan fingerprint density at radius 2 is 2.17 bits per heavy atom. The molecule has 0 saturated carbocycles. The normalized spacial score (nSPS) is 17.9. The van der Waals surface area contributed by atoms with Crippen LogP contribution in [0.25, 0.3) is 0 Å². The van der Waals surface area contributed by atoms with Crippen LogP contribution in [0.4, 0.5) is 0 Å². The fraction of sp³-hybridized carbons (Fsp3) is 0.625. The maximum Gasteiger partial charge on any atom is 0.0989 e. The summed E-state index contributed by atoms with van der Waals surface area (Å²) in [4.78, 5) is 0. The summed E-state index contributed by atoms with van der Waals surface area (Å²) in [5.41, 5.74) is 1.95. The summed E-state index contributed by atoms with van der Waals surface area (Å²) in [5.74, 6) is 0. The van der Waals surface area contributed by atoms with Crippen molar-refractivity contribution < 1.29 is 4.74 Å². The van der Waals surface area contributed by atoms with Crippen molar-refractivity contribution in [2.75, 3.05) is 13.2 Å². The van der Waals surface area contributed by atoms with Crippen molar-refractivity contribution in [1.82, 2.24) is 9.78 Å². The van der Waals surface area contributed by atoms with Gasteiger partial charge in [-0.2, -0.15) is 5.10 Å². The number of ether oxygens (including phenoxy) is 1. The third kappa shape index (κ3) is 1.04. The lowest BCUT2D eigenvalue weighted by molar-refractivity contribution is -0.0295. The van der Waals surface area contributed by atoms with Gasteiger partial charge in [-0.25, -0.2) is 0 Å². The summed E-state index contributed by atoms with van der Waals surface area (Å²) >= 11 is 6.00. The van der Waals surface area contributed by atoms with Crippen LogP contribution in [-0.2, 0) is 4.74 Å². The molecule has 4 heteroatoms. The molecule has 1 fully saturated rings. The first-order chi connectivity index (χ1) is 5.70. The Morgan fingerprint density at radius 3 is 2.50 bits per heavy atom. The number of aryl methyl sites for hydroxylation is 1. The summed E-state index contributed by atoms with van der Waals surface area (Å²) in [6, 6.07) is 0.399. The second-order valence-corrected chi connectivity index (χ2v) is 3.50. The van der Waals surface area contributed by atoms with Gasteiger partial charge in [0.2, 0.25) is 0 Å². The molecule has 1 aliphatic heterocycles. The van der Waals surface area contributed by atoms with E-state index in [1.165, 1.54) is 0 Å². The average molecular weight is 187 g/mol. The molecule has 3 nitrogen and oxygen atoms in total. The van der Waals surface area contributed by atoms with Gasteiger partial charge in [0.1, 0.15) is 0 Å². The zero-order chi connectivity index (χ0) is 8.72. The van der Waals surface area contributed by atoms with E-state index in [0.717, 1.165) is 29.6 Å². The molecule has 0 atom stereocenters. The Labute approximate surface area is 76.3 Å². The third-order valence-electron chi connectivity index (χ3n) is 2.20. The van der Waals surface area contributed by atoms with Gasteiger partial charge < -0.3 is 4.74 Å². The molecule has 0 aromatic carbocycles. The van der Waals surface area contributed by atoms with E-state index in [2.05, 4.69) is 5.10 Å². The summed E-state index contributed by atoms with van der Waals surface area (Å²) in [5, 5.41) is 5.12.